The van der Waals surface area contributed by atoms with E-state index in [2.05, 4.69) is 37.4 Å². The number of anilines is 1. The molecule has 1 saturated carbocycles. The number of nitrogens with zero attached hydrogens (tertiary/aromatic N) is 1. The Morgan fingerprint density at radius 1 is 0.803 bits per heavy atom. The predicted octanol–water partition coefficient (Wildman–Crippen LogP) is 10.4. The molecule has 3 aliphatic carbocycles. The molecule has 4 unspecified atom stereocenters. The van der Waals surface area contributed by atoms with E-state index < -0.39 is 17.1 Å². The predicted molar refractivity (Wildman–Crippen MR) is 241 cm³/mol. The Morgan fingerprint density at radius 3 is 2.21 bits per heavy atom. The number of carbonyl (C=O) groups excluding carboxylic acids is 2. The van der Waals surface area contributed by atoms with Gasteiger partial charge in [-0.1, -0.05) is 85.3 Å². The van der Waals surface area contributed by atoms with E-state index in [4.69, 9.17) is 14.2 Å². The normalized spacial score (nSPS) is 21.4. The molecule has 9 nitrogen and oxygen atoms in total. The highest BCUT2D eigenvalue weighted by molar-refractivity contribution is 6.10. The van der Waals surface area contributed by atoms with Crippen molar-refractivity contribution in [3.63, 3.8) is 0 Å². The van der Waals surface area contributed by atoms with Gasteiger partial charge in [-0.2, -0.15) is 0 Å². The summed E-state index contributed by atoms with van der Waals surface area (Å²) in [6, 6.07) is 36.1. The van der Waals surface area contributed by atoms with Gasteiger partial charge in [0.25, 0.3) is 0 Å². The summed E-state index contributed by atoms with van der Waals surface area (Å²) < 4.78 is 16.6. The van der Waals surface area contributed by atoms with Gasteiger partial charge >= 0.3 is 6.03 Å². The first-order valence-electron chi connectivity index (χ1n) is 21.2. The monoisotopic (exact) mass is 822 g/mol. The number of ketones is 1. The lowest BCUT2D eigenvalue weighted by Crippen LogP contribution is -2.54. The van der Waals surface area contributed by atoms with Gasteiger partial charge in [0.2, 0.25) is 0 Å². The lowest BCUT2D eigenvalue weighted by molar-refractivity contribution is -0.0773. The zero-order chi connectivity index (χ0) is 43.1. The van der Waals surface area contributed by atoms with E-state index in [0.717, 1.165) is 34.2 Å². The highest BCUT2D eigenvalue weighted by Gasteiger charge is 2.57. The molecule has 2 bridgehead atoms. The second kappa shape index (κ2) is 18.8. The lowest BCUT2D eigenvalue weighted by Gasteiger charge is -2.46. The van der Waals surface area contributed by atoms with Crippen LogP contribution in [0.4, 0.5) is 10.5 Å². The standard InChI is InChI=1S/C52H58N2O7/c1-35-10-9-28-51(2)47(45-26-14-36(30-42(55)22-13-35)31-46(45)49(56)39-17-15-38(16-18-39)37-11-7-6-8-12-37)27-29-52(51,58)34-54(33-40-19-23-44(60-4)32-48(40)61-5)50(57)53-41-20-24-43(59-3)25-21-41/h6-8,10-12,14-21,23-26,31-32,42,47,55,58H,9,13,22,27-30,33-34H2,1-5H3,(H,53,57). The number of rotatable bonds is 11. The molecule has 1 fully saturated rings. The summed E-state index contributed by atoms with van der Waals surface area (Å²) in [6.07, 6.45) is 5.74. The minimum atomic E-state index is -1.36. The Bertz CT molecular complexity index is 2340. The molecule has 2 amide bonds. The first kappa shape index (κ1) is 43.2. The van der Waals surface area contributed by atoms with Gasteiger partial charge in [-0.3, -0.25) is 4.79 Å². The minimum Gasteiger partial charge on any atom is -0.497 e. The second-order valence-corrected chi connectivity index (χ2v) is 16.9. The van der Waals surface area contributed by atoms with E-state index in [1.807, 2.05) is 72.8 Å². The molecule has 4 atom stereocenters. The molecule has 5 aromatic carbocycles. The van der Waals surface area contributed by atoms with Crippen LogP contribution in [0.3, 0.4) is 0 Å². The maximum Gasteiger partial charge on any atom is 0.322 e. The fourth-order valence-electron chi connectivity index (χ4n) is 9.38. The molecule has 0 spiro atoms. The van der Waals surface area contributed by atoms with Crippen molar-refractivity contribution in [2.75, 3.05) is 33.2 Å². The molecule has 318 valence electrons. The maximum absolute atomic E-state index is 14.8. The van der Waals surface area contributed by atoms with E-state index >= 15 is 0 Å². The molecule has 0 aromatic heterocycles. The number of aliphatic hydroxyl groups is 2. The van der Waals surface area contributed by atoms with Crippen LogP contribution in [-0.4, -0.2) is 66.5 Å². The molecule has 0 heterocycles. The van der Waals surface area contributed by atoms with Gasteiger partial charge in [0.1, 0.15) is 17.2 Å². The first-order chi connectivity index (χ1) is 29.4. The Morgan fingerprint density at radius 2 is 1.51 bits per heavy atom. The molecule has 9 heteroatoms. The molecule has 3 N–H and O–H groups in total. The average molecular weight is 823 g/mol. The lowest BCUT2D eigenvalue weighted by atomic mass is 9.64. The van der Waals surface area contributed by atoms with Crippen LogP contribution < -0.4 is 19.5 Å². The number of amides is 2. The highest BCUT2D eigenvalue weighted by Crippen LogP contribution is 2.59. The summed E-state index contributed by atoms with van der Waals surface area (Å²) in [7, 11) is 4.77. The number of aliphatic hydroxyl groups excluding tert-OH is 1. The third kappa shape index (κ3) is 9.54. The number of nitrogens with one attached hydrogen (secondary N) is 1. The first-order valence-corrected chi connectivity index (χ1v) is 21.2. The van der Waals surface area contributed by atoms with Crippen molar-refractivity contribution in [1.29, 1.82) is 0 Å². The number of methoxy groups -OCH3 is 3. The van der Waals surface area contributed by atoms with E-state index in [1.54, 1.807) is 56.6 Å². The average Bonchev–Trinajstić information content (AvgIpc) is 3.53. The number of benzene rings is 5. The minimum absolute atomic E-state index is 0.0222. The van der Waals surface area contributed by atoms with Crippen molar-refractivity contribution in [1.82, 2.24) is 4.90 Å². The maximum atomic E-state index is 14.8. The van der Waals surface area contributed by atoms with Crippen LogP contribution in [0.2, 0.25) is 0 Å². The summed E-state index contributed by atoms with van der Waals surface area (Å²) in [5.74, 6) is 1.53. The van der Waals surface area contributed by atoms with E-state index in [-0.39, 0.29) is 30.8 Å². The number of hydrogen-bond donors (Lipinski definition) is 3. The summed E-state index contributed by atoms with van der Waals surface area (Å²) in [5.41, 5.74) is 5.41. The fourth-order valence-corrected chi connectivity index (χ4v) is 9.38. The van der Waals surface area contributed by atoms with Crippen LogP contribution in [0.1, 0.15) is 90.9 Å². The van der Waals surface area contributed by atoms with Gasteiger partial charge in [-0.05, 0) is 123 Å². The van der Waals surface area contributed by atoms with E-state index in [0.29, 0.717) is 72.6 Å². The quantitative estimate of drug-likeness (QED) is 0.0897. The van der Waals surface area contributed by atoms with Crippen LogP contribution >= 0.6 is 0 Å². The van der Waals surface area contributed by atoms with Gasteiger partial charge in [0, 0.05) is 33.9 Å². The summed E-state index contributed by atoms with van der Waals surface area (Å²) in [5, 5.41) is 27.5. The molecule has 0 saturated heterocycles. The van der Waals surface area contributed by atoms with Gasteiger partial charge in [-0.15, -0.1) is 0 Å². The zero-order valence-electron chi connectivity index (χ0n) is 35.9. The Labute approximate surface area is 360 Å². The SMILES string of the molecule is COc1ccc(NC(=O)N(Cc2ccc(OC)cc2OC)CC2(O)CCC3c4ccc(cc4C(=O)c4ccc(-c5ccccc5)cc4)CC(O)CCC(C)=CCCC32C)cc1. The Balaban J connectivity index is 1.28. The number of allylic oxidation sites excluding steroid dienone is 2. The van der Waals surface area contributed by atoms with Crippen LogP contribution in [0, 0.1) is 5.41 Å². The molecule has 3 aliphatic rings. The molecular weight excluding hydrogens is 765 g/mol. The molecule has 0 radical (unpaired) electrons. The van der Waals surface area contributed by atoms with E-state index in [1.165, 1.54) is 5.57 Å². The van der Waals surface area contributed by atoms with Gasteiger partial charge in [-0.25, -0.2) is 4.79 Å². The molecule has 8 rings (SSSR count). The van der Waals surface area contributed by atoms with Crippen LogP contribution in [0.25, 0.3) is 11.1 Å². The fraction of sp³-hybridized carbons (Fsp3) is 0.346. The van der Waals surface area contributed by atoms with Gasteiger partial charge in [0.15, 0.2) is 5.78 Å². The second-order valence-electron chi connectivity index (χ2n) is 16.9. The third-order valence-electron chi connectivity index (χ3n) is 13.1. The molecule has 5 aromatic rings. The van der Waals surface area contributed by atoms with Crippen molar-refractivity contribution in [3.8, 4) is 28.4 Å². The van der Waals surface area contributed by atoms with Crippen molar-refractivity contribution in [3.05, 3.63) is 155 Å². The van der Waals surface area contributed by atoms with Gasteiger partial charge in [0.05, 0.1) is 46.1 Å². The summed E-state index contributed by atoms with van der Waals surface area (Å²) in [4.78, 5) is 30.9. The summed E-state index contributed by atoms with van der Waals surface area (Å²) in [6.45, 7) is 4.40. The van der Waals surface area contributed by atoms with Crippen LogP contribution in [0.5, 0.6) is 17.2 Å². The van der Waals surface area contributed by atoms with Crippen molar-refractivity contribution < 1.29 is 34.0 Å². The molecule has 0 aliphatic heterocycles. The number of carbonyl (C=O) groups is 2. The van der Waals surface area contributed by atoms with Gasteiger partial charge < -0.3 is 34.6 Å². The Kier molecular flexibility index (Phi) is 13.3. The molecule has 61 heavy (non-hydrogen) atoms. The smallest absolute Gasteiger partial charge is 0.322 e. The summed E-state index contributed by atoms with van der Waals surface area (Å²) >= 11 is 0. The number of hydrogen-bond acceptors (Lipinski definition) is 7. The number of urea groups is 1. The molecular formula is C52H58N2O7. The zero-order valence-corrected chi connectivity index (χ0v) is 35.9. The topological polar surface area (TPSA) is 118 Å². The highest BCUT2D eigenvalue weighted by atomic mass is 16.5. The number of fused-ring (bicyclic) bond motifs is 8. The van der Waals surface area contributed by atoms with Crippen LogP contribution in [0.15, 0.2) is 127 Å². The third-order valence-corrected chi connectivity index (χ3v) is 13.1. The number of ether oxygens (including phenoxy) is 3. The van der Waals surface area contributed by atoms with Crippen molar-refractivity contribution >= 4 is 17.5 Å². The largest absolute Gasteiger partial charge is 0.497 e. The van der Waals surface area contributed by atoms with Crippen molar-refractivity contribution in [2.24, 2.45) is 5.41 Å². The van der Waals surface area contributed by atoms with Crippen molar-refractivity contribution in [2.45, 2.75) is 83.0 Å². The van der Waals surface area contributed by atoms with E-state index in [9.17, 15) is 19.8 Å². The van der Waals surface area contributed by atoms with Crippen LogP contribution in [-0.2, 0) is 13.0 Å². The Hall–Kier alpha value is -5.90.